The molecule has 0 radical (unpaired) electrons. The third-order valence-corrected chi connectivity index (χ3v) is 6.71. The first-order valence-corrected chi connectivity index (χ1v) is 11.9. The van der Waals surface area contributed by atoms with E-state index in [4.69, 9.17) is 0 Å². The van der Waals surface area contributed by atoms with E-state index in [0.717, 1.165) is 0 Å². The summed E-state index contributed by atoms with van der Waals surface area (Å²) in [5.74, 6) is -0.339. The highest BCUT2D eigenvalue weighted by Crippen LogP contribution is 2.16. The Balaban J connectivity index is 1.97. The second kappa shape index (κ2) is 9.68. The number of hydrogen-bond donors (Lipinski definition) is 3. The Hall–Kier alpha value is -2.69. The van der Waals surface area contributed by atoms with Crippen molar-refractivity contribution in [2.75, 3.05) is 22.8 Å². The van der Waals surface area contributed by atoms with Crippen LogP contribution >= 0.6 is 0 Å². The Labute approximate surface area is 171 Å². The first kappa shape index (κ1) is 22.6. The average molecular weight is 438 g/mol. The van der Waals surface area contributed by atoms with Crippen molar-refractivity contribution in [1.82, 2.24) is 4.72 Å². The second-order valence-corrected chi connectivity index (χ2v) is 9.83. The van der Waals surface area contributed by atoms with Gasteiger partial charge in [0.15, 0.2) is 0 Å². The van der Waals surface area contributed by atoms with Gasteiger partial charge in [-0.2, -0.15) is 0 Å². The molecule has 3 N–H and O–H groups in total. The van der Waals surface area contributed by atoms with Crippen molar-refractivity contribution >= 4 is 43.4 Å². The minimum atomic E-state index is -3.50. The van der Waals surface area contributed by atoms with Crippen molar-refractivity contribution < 1.29 is 21.6 Å². The van der Waals surface area contributed by atoms with Crippen LogP contribution in [0.5, 0.6) is 0 Å². The molecule has 2 aromatic rings. The van der Waals surface area contributed by atoms with Gasteiger partial charge in [-0.3, -0.25) is 9.52 Å². The van der Waals surface area contributed by atoms with E-state index in [1.165, 1.54) is 25.3 Å². The molecule has 0 heterocycles. The third kappa shape index (κ3) is 7.00. The van der Waals surface area contributed by atoms with E-state index in [1.54, 1.807) is 49.4 Å². The molecule has 0 spiro atoms. The molecule has 0 aromatic heterocycles. The van der Waals surface area contributed by atoms with Gasteiger partial charge in [-0.15, -0.1) is 0 Å². The molecule has 0 aliphatic rings. The molecule has 0 fully saturated rings. The Morgan fingerprint density at radius 2 is 1.52 bits per heavy atom. The molecular formula is C19H23N3O5S2. The molecule has 10 heteroatoms. The molecule has 0 aliphatic heterocycles. The van der Waals surface area contributed by atoms with Gasteiger partial charge in [-0.25, -0.2) is 21.6 Å². The molecular weight excluding hydrogens is 414 g/mol. The van der Waals surface area contributed by atoms with E-state index < -0.39 is 20.0 Å². The molecule has 2 aromatic carbocycles. The number of benzene rings is 2. The van der Waals surface area contributed by atoms with Gasteiger partial charge in [0.25, 0.3) is 0 Å². The van der Waals surface area contributed by atoms with Gasteiger partial charge in [0, 0.05) is 17.5 Å². The third-order valence-electron chi connectivity index (χ3n) is 3.78. The number of amides is 1. The normalized spacial score (nSPS) is 12.1. The van der Waals surface area contributed by atoms with Crippen LogP contribution in [0.25, 0.3) is 6.08 Å². The Kier molecular flexibility index (Phi) is 7.54. The quantitative estimate of drug-likeness (QED) is 0.520. The molecule has 0 unspecified atom stereocenters. The zero-order valence-corrected chi connectivity index (χ0v) is 17.7. The van der Waals surface area contributed by atoms with Crippen molar-refractivity contribution in [2.45, 2.75) is 18.2 Å². The molecule has 8 nitrogen and oxygen atoms in total. The number of rotatable bonds is 9. The lowest BCUT2D eigenvalue weighted by atomic mass is 10.2. The minimum Gasteiger partial charge on any atom is -0.323 e. The molecule has 156 valence electrons. The summed E-state index contributed by atoms with van der Waals surface area (Å²) in [6.45, 7) is 1.78. The maximum absolute atomic E-state index is 12.0. The summed E-state index contributed by atoms with van der Waals surface area (Å²) in [6, 6.07) is 12.4. The van der Waals surface area contributed by atoms with Crippen LogP contribution < -0.4 is 14.8 Å². The van der Waals surface area contributed by atoms with Crippen LogP contribution in [0.15, 0.2) is 59.5 Å². The minimum absolute atomic E-state index is 0.0398. The first-order valence-electron chi connectivity index (χ1n) is 8.78. The zero-order valence-electron chi connectivity index (χ0n) is 16.0. The molecule has 0 saturated heterocycles. The SMILES string of the molecule is CCCS(=O)(=O)Nc1ccc(NC(=O)/C=C/c2ccc(S(=O)(=O)NC)cc2)cc1. The average Bonchev–Trinajstić information content (AvgIpc) is 2.68. The lowest BCUT2D eigenvalue weighted by Gasteiger charge is -2.08. The second-order valence-electron chi connectivity index (χ2n) is 6.10. The number of carbonyl (C=O) groups excluding carboxylic acids is 1. The van der Waals surface area contributed by atoms with Gasteiger partial charge in [0.1, 0.15) is 0 Å². The number of hydrogen-bond acceptors (Lipinski definition) is 5. The molecule has 0 atom stereocenters. The Morgan fingerprint density at radius 1 is 0.931 bits per heavy atom. The van der Waals surface area contributed by atoms with Gasteiger partial charge >= 0.3 is 0 Å². The van der Waals surface area contributed by atoms with Crippen LogP contribution in [0.4, 0.5) is 11.4 Å². The van der Waals surface area contributed by atoms with Crippen LogP contribution in [-0.2, 0) is 24.8 Å². The molecule has 0 saturated carbocycles. The van der Waals surface area contributed by atoms with Crippen molar-refractivity contribution in [3.63, 3.8) is 0 Å². The topological polar surface area (TPSA) is 121 Å². The van der Waals surface area contributed by atoms with Crippen molar-refractivity contribution in [2.24, 2.45) is 0 Å². The summed E-state index contributed by atoms with van der Waals surface area (Å²) in [7, 11) is -5.53. The number of anilines is 2. The summed E-state index contributed by atoms with van der Waals surface area (Å²) in [5.41, 5.74) is 1.59. The van der Waals surface area contributed by atoms with Crippen LogP contribution in [0, 0.1) is 0 Å². The standard InChI is InChI=1S/C19H23N3O5S2/c1-3-14-28(24,25)22-17-9-7-16(8-10-17)21-19(23)13-6-15-4-11-18(12-5-15)29(26,27)20-2/h4-13,20,22H,3,14H2,1-2H3,(H,21,23)/b13-6+. The molecule has 0 aliphatic carbocycles. The van der Waals surface area contributed by atoms with Crippen LogP contribution in [0.2, 0.25) is 0 Å². The fourth-order valence-electron chi connectivity index (χ4n) is 2.35. The lowest BCUT2D eigenvalue weighted by molar-refractivity contribution is -0.111. The smallest absolute Gasteiger partial charge is 0.248 e. The fraction of sp³-hybridized carbons (Fsp3) is 0.211. The molecule has 2 rings (SSSR count). The van der Waals surface area contributed by atoms with Crippen molar-refractivity contribution in [3.8, 4) is 0 Å². The van der Waals surface area contributed by atoms with Crippen LogP contribution in [0.3, 0.4) is 0 Å². The van der Waals surface area contributed by atoms with E-state index >= 15 is 0 Å². The highest BCUT2D eigenvalue weighted by atomic mass is 32.2. The number of carbonyl (C=O) groups is 1. The summed E-state index contributed by atoms with van der Waals surface area (Å²) >= 11 is 0. The van der Waals surface area contributed by atoms with E-state index in [1.807, 2.05) is 0 Å². The maximum atomic E-state index is 12.0. The Bertz CT molecular complexity index is 1080. The van der Waals surface area contributed by atoms with E-state index in [-0.39, 0.29) is 16.6 Å². The summed E-state index contributed by atoms with van der Waals surface area (Å²) in [5, 5.41) is 2.66. The maximum Gasteiger partial charge on any atom is 0.248 e. The van der Waals surface area contributed by atoms with E-state index in [0.29, 0.717) is 23.4 Å². The largest absolute Gasteiger partial charge is 0.323 e. The van der Waals surface area contributed by atoms with Crippen molar-refractivity contribution in [3.05, 3.63) is 60.2 Å². The van der Waals surface area contributed by atoms with Gasteiger partial charge in [0.05, 0.1) is 10.6 Å². The van der Waals surface area contributed by atoms with Crippen LogP contribution in [-0.4, -0.2) is 35.5 Å². The molecule has 29 heavy (non-hydrogen) atoms. The zero-order chi connectivity index (χ0) is 21.5. The molecule has 0 bridgehead atoms. The summed E-state index contributed by atoms with van der Waals surface area (Å²) < 4.78 is 51.6. The highest BCUT2D eigenvalue weighted by molar-refractivity contribution is 7.92. The predicted molar refractivity (Wildman–Crippen MR) is 114 cm³/mol. The van der Waals surface area contributed by atoms with Gasteiger partial charge < -0.3 is 5.32 Å². The number of nitrogens with one attached hydrogen (secondary N) is 3. The van der Waals surface area contributed by atoms with Crippen LogP contribution in [0.1, 0.15) is 18.9 Å². The summed E-state index contributed by atoms with van der Waals surface area (Å²) in [6.07, 6.45) is 3.39. The van der Waals surface area contributed by atoms with E-state index in [9.17, 15) is 21.6 Å². The Morgan fingerprint density at radius 3 is 2.07 bits per heavy atom. The first-order chi connectivity index (χ1) is 13.6. The van der Waals surface area contributed by atoms with Gasteiger partial charge in [0.2, 0.25) is 26.0 Å². The lowest BCUT2D eigenvalue weighted by Crippen LogP contribution is -2.18. The fourth-order valence-corrected chi connectivity index (χ4v) is 4.22. The van der Waals surface area contributed by atoms with Crippen molar-refractivity contribution in [1.29, 1.82) is 0 Å². The van der Waals surface area contributed by atoms with E-state index in [2.05, 4.69) is 14.8 Å². The number of sulfonamides is 2. The highest BCUT2D eigenvalue weighted by Gasteiger charge is 2.10. The monoisotopic (exact) mass is 437 g/mol. The molecule has 1 amide bonds. The predicted octanol–water partition coefficient (Wildman–Crippen LogP) is 2.40. The van der Waals surface area contributed by atoms with Gasteiger partial charge in [-0.1, -0.05) is 19.1 Å². The van der Waals surface area contributed by atoms with Gasteiger partial charge in [-0.05, 0) is 61.5 Å². The summed E-state index contributed by atoms with van der Waals surface area (Å²) in [4.78, 5) is 12.2.